The Balaban J connectivity index is 0. The summed E-state index contributed by atoms with van der Waals surface area (Å²) < 4.78 is 20.5. The molecule has 15 heavy (non-hydrogen) atoms. The van der Waals surface area contributed by atoms with Crippen LogP contribution in [0.5, 0.6) is 0 Å². The Morgan fingerprint density at radius 3 is 1.73 bits per heavy atom. The van der Waals surface area contributed by atoms with Gasteiger partial charge in [-0.2, -0.15) is 0 Å². The van der Waals surface area contributed by atoms with Crippen molar-refractivity contribution >= 4 is 7.82 Å². The lowest BCUT2D eigenvalue weighted by molar-refractivity contribution is 0.146. The fourth-order valence-corrected chi connectivity index (χ4v) is 1.48. The van der Waals surface area contributed by atoms with Crippen LogP contribution in [0.25, 0.3) is 0 Å². The first-order valence-corrected chi connectivity index (χ1v) is 6.46. The van der Waals surface area contributed by atoms with Crippen molar-refractivity contribution in [1.29, 1.82) is 5.26 Å². The van der Waals surface area contributed by atoms with Crippen LogP contribution in [-0.4, -0.2) is 18.1 Å². The van der Waals surface area contributed by atoms with Crippen molar-refractivity contribution in [3.8, 4) is 0 Å². The summed E-state index contributed by atoms with van der Waals surface area (Å²) in [5.41, 5.74) is 0. The Bertz CT molecular complexity index is 182. The van der Waals surface area contributed by atoms with Crippen LogP contribution in [0.2, 0.25) is 0 Å². The van der Waals surface area contributed by atoms with Gasteiger partial charge in [0.1, 0.15) is 0 Å². The molecule has 0 amide bonds. The van der Waals surface area contributed by atoms with Gasteiger partial charge < -0.3 is 16.7 Å². The molecule has 0 radical (unpaired) electrons. The number of hydrogen-bond donors (Lipinski definition) is 1. The lowest BCUT2D eigenvalue weighted by Crippen LogP contribution is -1.98. The summed E-state index contributed by atoms with van der Waals surface area (Å²) in [6.07, 6.45) is 3.44. The highest BCUT2D eigenvalue weighted by molar-refractivity contribution is 7.47. The highest BCUT2D eigenvalue weighted by atomic mass is 31.2. The smallest absolute Gasteiger partial charge is 0.472 e. The van der Waals surface area contributed by atoms with E-state index in [0.29, 0.717) is 0 Å². The van der Waals surface area contributed by atoms with Gasteiger partial charge in [-0.15, -0.1) is 0 Å². The monoisotopic (exact) mass is 236 g/mol. The number of phosphoric ester groups is 1. The van der Waals surface area contributed by atoms with Crippen LogP contribution in [-0.2, 0) is 13.6 Å². The highest BCUT2D eigenvalue weighted by Crippen LogP contribution is 2.43. The van der Waals surface area contributed by atoms with E-state index in [1.54, 1.807) is 0 Å². The second kappa shape index (κ2) is 11.7. The minimum Gasteiger partial charge on any atom is -0.512 e. The van der Waals surface area contributed by atoms with Crippen LogP contribution in [0.15, 0.2) is 0 Å². The zero-order chi connectivity index (χ0) is 12.2. The topological polar surface area (TPSA) is 79.6 Å². The first-order chi connectivity index (χ1) is 7.12. The fourth-order valence-electron chi connectivity index (χ4n) is 0.686. The zero-order valence-electron chi connectivity index (χ0n) is 9.31. The van der Waals surface area contributed by atoms with Gasteiger partial charge in [-0.1, -0.05) is 26.7 Å². The minimum atomic E-state index is -3.75. The van der Waals surface area contributed by atoms with Gasteiger partial charge in [0.05, 0.1) is 13.2 Å². The van der Waals surface area contributed by atoms with E-state index < -0.39 is 7.82 Å². The van der Waals surface area contributed by atoms with E-state index in [4.69, 9.17) is 25.8 Å². The summed E-state index contributed by atoms with van der Waals surface area (Å²) >= 11 is 0. The SMILES string of the molecule is CCCCOP(=O)(O)OCCCC.[C-]#N. The molecule has 5 nitrogen and oxygen atoms in total. The van der Waals surface area contributed by atoms with Crippen LogP contribution in [0.4, 0.5) is 0 Å². The first-order valence-electron chi connectivity index (χ1n) is 4.96. The van der Waals surface area contributed by atoms with Crippen molar-refractivity contribution in [2.24, 2.45) is 0 Å². The second-order valence-electron chi connectivity index (χ2n) is 2.84. The summed E-state index contributed by atoms with van der Waals surface area (Å²) in [4.78, 5) is 9.08. The van der Waals surface area contributed by atoms with Crippen LogP contribution in [0.3, 0.4) is 0 Å². The molecule has 0 aromatic rings. The van der Waals surface area contributed by atoms with Crippen LogP contribution in [0, 0.1) is 11.8 Å². The summed E-state index contributed by atoms with van der Waals surface area (Å²) in [7, 11) is -3.75. The van der Waals surface area contributed by atoms with E-state index >= 15 is 0 Å². The van der Waals surface area contributed by atoms with Crippen LogP contribution in [0.1, 0.15) is 39.5 Å². The maximum atomic E-state index is 11.1. The molecule has 0 aliphatic rings. The Morgan fingerprint density at radius 1 is 1.13 bits per heavy atom. The van der Waals surface area contributed by atoms with Crippen molar-refractivity contribution in [3.05, 3.63) is 6.57 Å². The average Bonchev–Trinajstić information content (AvgIpc) is 2.21. The number of unbranched alkanes of at least 4 members (excludes halogenated alkanes) is 2. The largest absolute Gasteiger partial charge is 0.512 e. The van der Waals surface area contributed by atoms with E-state index in [1.165, 1.54) is 0 Å². The molecule has 0 aliphatic carbocycles. The van der Waals surface area contributed by atoms with Gasteiger partial charge in [0, 0.05) is 0 Å². The third kappa shape index (κ3) is 13.6. The van der Waals surface area contributed by atoms with E-state index in [-0.39, 0.29) is 13.2 Å². The van der Waals surface area contributed by atoms with Crippen molar-refractivity contribution in [2.75, 3.05) is 13.2 Å². The molecule has 0 fully saturated rings. The van der Waals surface area contributed by atoms with Crippen molar-refractivity contribution in [2.45, 2.75) is 39.5 Å². The number of phosphoric acid groups is 1. The molecule has 0 heterocycles. The second-order valence-corrected chi connectivity index (χ2v) is 4.30. The maximum absolute atomic E-state index is 11.1. The first kappa shape index (κ1) is 17.0. The maximum Gasteiger partial charge on any atom is 0.472 e. The van der Waals surface area contributed by atoms with Crippen LogP contribution >= 0.6 is 7.82 Å². The predicted octanol–water partition coefficient (Wildman–Crippen LogP) is 2.82. The molecule has 0 bridgehead atoms. The number of hydrogen-bond acceptors (Lipinski definition) is 4. The molecule has 0 rings (SSSR count). The number of nitrogens with zero attached hydrogens (tertiary/aromatic N) is 1. The third-order valence-electron chi connectivity index (χ3n) is 1.50. The van der Waals surface area contributed by atoms with E-state index in [0.717, 1.165) is 25.7 Å². The zero-order valence-corrected chi connectivity index (χ0v) is 10.2. The Morgan fingerprint density at radius 2 is 1.47 bits per heavy atom. The lowest BCUT2D eigenvalue weighted by atomic mass is 10.4. The van der Waals surface area contributed by atoms with Gasteiger partial charge in [-0.25, -0.2) is 4.57 Å². The molecule has 1 N–H and O–H groups in total. The van der Waals surface area contributed by atoms with Gasteiger partial charge in [0.15, 0.2) is 0 Å². The normalized spacial score (nSPS) is 10.5. The van der Waals surface area contributed by atoms with Crippen LogP contribution < -0.4 is 0 Å². The minimum absolute atomic E-state index is 0.288. The fraction of sp³-hybridized carbons (Fsp3) is 0.889. The molecule has 0 saturated carbocycles. The van der Waals surface area contributed by atoms with Crippen molar-refractivity contribution in [3.63, 3.8) is 0 Å². The molecule has 0 spiro atoms. The van der Waals surface area contributed by atoms with Gasteiger partial charge in [0.2, 0.25) is 0 Å². The molecule has 0 unspecified atom stereocenters. The summed E-state index contributed by atoms with van der Waals surface area (Å²) in [5.74, 6) is 0. The highest BCUT2D eigenvalue weighted by Gasteiger charge is 2.19. The number of rotatable bonds is 8. The molecule has 0 aliphatic heterocycles. The Hall–Kier alpha value is -0.400. The molecule has 0 aromatic heterocycles. The summed E-state index contributed by atoms with van der Waals surface area (Å²) in [6.45, 7) is 9.31. The van der Waals surface area contributed by atoms with Gasteiger partial charge in [-0.3, -0.25) is 9.05 Å². The third-order valence-corrected chi connectivity index (χ3v) is 2.52. The molecule has 0 saturated heterocycles. The van der Waals surface area contributed by atoms with Gasteiger partial charge in [-0.05, 0) is 12.8 Å². The molecule has 90 valence electrons. The van der Waals surface area contributed by atoms with E-state index in [9.17, 15) is 4.57 Å². The predicted molar refractivity (Wildman–Crippen MR) is 56.5 cm³/mol. The summed E-state index contributed by atoms with van der Waals surface area (Å²) in [6, 6.07) is 0. The lowest BCUT2D eigenvalue weighted by Gasteiger charge is -2.10. The van der Waals surface area contributed by atoms with E-state index in [2.05, 4.69) is 0 Å². The van der Waals surface area contributed by atoms with Gasteiger partial charge >= 0.3 is 7.82 Å². The Labute approximate surface area is 91.6 Å². The quantitative estimate of drug-likeness (QED) is 0.398. The van der Waals surface area contributed by atoms with Crippen molar-refractivity contribution < 1.29 is 18.5 Å². The standard InChI is InChI=1S/C8H19O4P.CN/c1-3-5-7-11-13(9,10)12-8-6-4-2;1-2/h3-8H2,1-2H3,(H,9,10);/q;-1. The molecular formula is C9H19NO4P-. The molecule has 0 aromatic carbocycles. The molecule has 6 heteroatoms. The summed E-state index contributed by atoms with van der Waals surface area (Å²) in [5, 5.41) is 6.25. The molecular weight excluding hydrogens is 217 g/mol. The van der Waals surface area contributed by atoms with Gasteiger partial charge in [0.25, 0.3) is 0 Å². The average molecular weight is 236 g/mol. The van der Waals surface area contributed by atoms with Crippen molar-refractivity contribution in [1.82, 2.24) is 0 Å². The van der Waals surface area contributed by atoms with E-state index in [1.807, 2.05) is 13.8 Å². The Kier molecular flexibility index (Phi) is 13.2. The molecule has 0 atom stereocenters.